The molecule has 0 amide bonds. The van der Waals surface area contributed by atoms with Gasteiger partial charge in [0.15, 0.2) is 0 Å². The average molecular weight is 175 g/mol. The van der Waals surface area contributed by atoms with Gasteiger partial charge in [-0.2, -0.15) is 8.78 Å². The van der Waals surface area contributed by atoms with Crippen LogP contribution in [0, 0.1) is 0 Å². The van der Waals surface area contributed by atoms with Crippen LogP contribution in [0.1, 0.15) is 30.2 Å². The van der Waals surface area contributed by atoms with Crippen molar-refractivity contribution in [1.29, 1.82) is 0 Å². The van der Waals surface area contributed by atoms with Crippen molar-refractivity contribution in [2.45, 2.75) is 19.8 Å². The first-order chi connectivity index (χ1) is 5.41. The van der Waals surface area contributed by atoms with Crippen molar-refractivity contribution in [3.63, 3.8) is 0 Å². The molecular weight excluding hydrogens is 168 g/mol. The minimum atomic E-state index is -3.06. The molecule has 1 aromatic rings. The highest BCUT2D eigenvalue weighted by atomic mass is 19.3. The first-order valence-corrected chi connectivity index (χ1v) is 3.26. The molecule has 0 fully saturated rings. The van der Waals surface area contributed by atoms with E-state index in [4.69, 9.17) is 0 Å². The summed E-state index contributed by atoms with van der Waals surface area (Å²) in [6, 6.07) is 0. The van der Waals surface area contributed by atoms with Crippen LogP contribution in [-0.2, 0) is 5.92 Å². The van der Waals surface area contributed by atoms with Crippen molar-refractivity contribution in [3.05, 3.63) is 17.8 Å². The molecule has 0 saturated heterocycles. The van der Waals surface area contributed by atoms with E-state index in [-0.39, 0.29) is 5.89 Å². The van der Waals surface area contributed by atoms with E-state index in [1.165, 1.54) is 6.92 Å². The third-order valence-electron chi connectivity index (χ3n) is 1.26. The number of hydrogen-bond donors (Lipinski definition) is 0. The van der Waals surface area contributed by atoms with Crippen LogP contribution in [0.5, 0.6) is 0 Å². The van der Waals surface area contributed by atoms with Crippen LogP contribution >= 0.6 is 0 Å². The van der Waals surface area contributed by atoms with Gasteiger partial charge in [-0.3, -0.25) is 4.79 Å². The Morgan fingerprint density at radius 2 is 2.25 bits per heavy atom. The summed E-state index contributed by atoms with van der Waals surface area (Å²) < 4.78 is 29.5. The number of Topliss-reactive ketones (excluding diaryl/α,β-unsaturated/α-hetero) is 1. The molecule has 12 heavy (non-hydrogen) atoms. The molecule has 66 valence electrons. The maximum Gasteiger partial charge on any atom is 0.290 e. The van der Waals surface area contributed by atoms with Crippen LogP contribution in [0.2, 0.25) is 0 Å². The highest BCUT2D eigenvalue weighted by Crippen LogP contribution is 2.25. The lowest BCUT2D eigenvalue weighted by atomic mass is 10.3. The molecule has 0 unspecified atom stereocenters. The van der Waals surface area contributed by atoms with Crippen LogP contribution in [0.3, 0.4) is 0 Å². The molecule has 0 aliphatic carbocycles. The third kappa shape index (κ3) is 1.66. The van der Waals surface area contributed by atoms with Crippen molar-refractivity contribution in [2.24, 2.45) is 0 Å². The van der Waals surface area contributed by atoms with E-state index in [2.05, 4.69) is 9.40 Å². The van der Waals surface area contributed by atoms with Gasteiger partial charge in [0.1, 0.15) is 12.0 Å². The van der Waals surface area contributed by atoms with Crippen molar-refractivity contribution < 1.29 is 18.0 Å². The van der Waals surface area contributed by atoms with Gasteiger partial charge in [0.2, 0.25) is 5.78 Å². The fourth-order valence-electron chi connectivity index (χ4n) is 0.637. The lowest BCUT2D eigenvalue weighted by Gasteiger charge is -2.02. The summed E-state index contributed by atoms with van der Waals surface area (Å²) in [5, 5.41) is 0. The number of nitrogens with zero attached hydrogens (tertiary/aromatic N) is 1. The van der Waals surface area contributed by atoms with Gasteiger partial charge in [-0.15, -0.1) is 0 Å². The summed E-state index contributed by atoms with van der Waals surface area (Å²) in [5.74, 6) is -3.81. The summed E-state index contributed by atoms with van der Waals surface area (Å²) in [7, 11) is 0. The highest BCUT2D eigenvalue weighted by molar-refractivity contribution is 5.89. The number of alkyl halides is 2. The predicted molar refractivity (Wildman–Crippen MR) is 36.1 cm³/mol. The van der Waals surface area contributed by atoms with E-state index in [1.807, 2.05) is 0 Å². The Balaban J connectivity index is 3.00. The smallest absolute Gasteiger partial charge is 0.290 e. The van der Waals surface area contributed by atoms with Crippen LogP contribution in [0.4, 0.5) is 8.78 Å². The molecule has 0 aliphatic heterocycles. The minimum Gasteiger partial charge on any atom is -0.442 e. The number of ketones is 1. The summed E-state index contributed by atoms with van der Waals surface area (Å²) >= 11 is 0. The van der Waals surface area contributed by atoms with Crippen molar-refractivity contribution in [2.75, 3.05) is 0 Å². The number of carbonyl (C=O) groups is 1. The quantitative estimate of drug-likeness (QED) is 0.645. The molecule has 0 saturated carbocycles. The molecule has 1 aromatic heterocycles. The van der Waals surface area contributed by atoms with Gasteiger partial charge in [-0.05, 0) is 0 Å². The fourth-order valence-corrected chi connectivity index (χ4v) is 0.637. The monoisotopic (exact) mass is 175 g/mol. The summed E-state index contributed by atoms with van der Waals surface area (Å²) in [6.45, 7) is 1.89. The first kappa shape index (κ1) is 8.83. The average Bonchev–Trinajstić information content (AvgIpc) is 2.30. The van der Waals surface area contributed by atoms with Gasteiger partial charge in [-0.1, -0.05) is 0 Å². The maximum absolute atomic E-state index is 12.5. The van der Waals surface area contributed by atoms with E-state index in [9.17, 15) is 13.6 Å². The Bertz CT molecular complexity index is 301. The SMILES string of the molecule is CC(=O)c1nc(C(C)(F)F)co1. The molecule has 0 N–H and O–H groups in total. The van der Waals surface area contributed by atoms with Gasteiger partial charge in [0, 0.05) is 13.8 Å². The Kier molecular flexibility index (Phi) is 1.95. The van der Waals surface area contributed by atoms with Crippen LogP contribution in [-0.4, -0.2) is 10.8 Å². The number of oxazole rings is 1. The molecule has 1 heterocycles. The second-order valence-corrected chi connectivity index (χ2v) is 2.48. The predicted octanol–water partition coefficient (Wildman–Crippen LogP) is 1.99. The second-order valence-electron chi connectivity index (χ2n) is 2.48. The molecule has 0 radical (unpaired) electrons. The van der Waals surface area contributed by atoms with Crippen molar-refractivity contribution >= 4 is 5.78 Å². The Morgan fingerprint density at radius 1 is 1.67 bits per heavy atom. The van der Waals surface area contributed by atoms with Gasteiger partial charge in [-0.25, -0.2) is 4.98 Å². The Labute approximate surface area is 67.4 Å². The summed E-state index contributed by atoms with van der Waals surface area (Å²) in [4.78, 5) is 13.9. The molecule has 0 aromatic carbocycles. The van der Waals surface area contributed by atoms with E-state index < -0.39 is 17.4 Å². The number of hydrogen-bond acceptors (Lipinski definition) is 3. The second kappa shape index (κ2) is 2.66. The van der Waals surface area contributed by atoms with E-state index in [0.717, 1.165) is 6.26 Å². The van der Waals surface area contributed by atoms with E-state index >= 15 is 0 Å². The normalized spacial score (nSPS) is 11.7. The molecule has 1 rings (SSSR count). The zero-order valence-corrected chi connectivity index (χ0v) is 6.60. The Morgan fingerprint density at radius 3 is 2.50 bits per heavy atom. The zero-order chi connectivity index (χ0) is 9.35. The fraction of sp³-hybridized carbons (Fsp3) is 0.429. The maximum atomic E-state index is 12.5. The van der Waals surface area contributed by atoms with E-state index in [0.29, 0.717) is 6.92 Å². The molecule has 3 nitrogen and oxygen atoms in total. The standard InChI is InChI=1S/C7H7F2NO2/c1-4(11)6-10-5(3-12-6)7(2,8)9/h3H,1-2H3. The van der Waals surface area contributed by atoms with Crippen LogP contribution in [0.15, 0.2) is 10.7 Å². The van der Waals surface area contributed by atoms with Crippen molar-refractivity contribution in [1.82, 2.24) is 4.98 Å². The first-order valence-electron chi connectivity index (χ1n) is 3.26. The lowest BCUT2D eigenvalue weighted by molar-refractivity contribution is 0.0127. The van der Waals surface area contributed by atoms with Gasteiger partial charge >= 0.3 is 0 Å². The van der Waals surface area contributed by atoms with Gasteiger partial charge in [0.25, 0.3) is 11.8 Å². The minimum absolute atomic E-state index is 0.286. The third-order valence-corrected chi connectivity index (χ3v) is 1.26. The summed E-state index contributed by atoms with van der Waals surface area (Å²) in [6.07, 6.45) is 0.788. The number of halogens is 2. The number of carbonyl (C=O) groups excluding carboxylic acids is 1. The molecule has 0 bridgehead atoms. The lowest BCUT2D eigenvalue weighted by Crippen LogP contribution is -2.07. The molecule has 5 heteroatoms. The summed E-state index contributed by atoms with van der Waals surface area (Å²) in [5.41, 5.74) is -0.521. The van der Waals surface area contributed by atoms with Gasteiger partial charge in [0.05, 0.1) is 0 Å². The zero-order valence-electron chi connectivity index (χ0n) is 6.60. The van der Waals surface area contributed by atoms with Crippen molar-refractivity contribution in [3.8, 4) is 0 Å². The molecule has 0 atom stereocenters. The van der Waals surface area contributed by atoms with Crippen LogP contribution < -0.4 is 0 Å². The topological polar surface area (TPSA) is 43.1 Å². The largest absolute Gasteiger partial charge is 0.442 e. The van der Waals surface area contributed by atoms with Gasteiger partial charge < -0.3 is 4.42 Å². The van der Waals surface area contributed by atoms with E-state index in [1.54, 1.807) is 0 Å². The van der Waals surface area contributed by atoms with Crippen LogP contribution in [0.25, 0.3) is 0 Å². The number of aromatic nitrogens is 1. The highest BCUT2D eigenvalue weighted by Gasteiger charge is 2.29. The number of rotatable bonds is 2. The molecule has 0 spiro atoms. The molecular formula is C7H7F2NO2. The Hall–Kier alpha value is -1.26. The molecule has 0 aliphatic rings.